The summed E-state index contributed by atoms with van der Waals surface area (Å²) in [6.07, 6.45) is 5.15. The lowest BCUT2D eigenvalue weighted by atomic mass is 9.97. The number of carboxylic acid groups (broad SMARTS) is 1. The highest BCUT2D eigenvalue weighted by Gasteiger charge is 2.28. The van der Waals surface area contributed by atoms with Gasteiger partial charge in [0.25, 0.3) is 0 Å². The van der Waals surface area contributed by atoms with Gasteiger partial charge in [-0.3, -0.25) is 4.79 Å². The van der Waals surface area contributed by atoms with Crippen molar-refractivity contribution in [2.75, 3.05) is 59.3 Å². The van der Waals surface area contributed by atoms with Crippen LogP contribution in [-0.2, 0) is 13.5 Å². The molecule has 1 unspecified atom stereocenters. The summed E-state index contributed by atoms with van der Waals surface area (Å²) in [6.45, 7) is 12.6. The van der Waals surface area contributed by atoms with E-state index >= 15 is 0 Å². The molecule has 11 nitrogen and oxygen atoms in total. The highest BCUT2D eigenvalue weighted by atomic mass is 35.5. The number of rotatable bonds is 16. The SMILES string of the molecule is C/C=C(/C(C)=N\N(C)C)c1c(Cl)ccc2c(CCCOc3cc(C)c(Cl)c(C)c3)c(C=O)n([C@H](C)CN(C)c3cc(OC4CCN(C)C4)cc4cc(C(=O)O)n(C)c34)c12. The monoisotopic (exact) mass is 842 g/mol. The first-order valence-electron chi connectivity index (χ1n) is 20.1. The number of ether oxygens (including phenoxy) is 2. The van der Waals surface area contributed by atoms with Crippen molar-refractivity contribution in [1.82, 2.24) is 19.0 Å². The number of carbonyl (C=O) groups is 2. The number of allylic oxidation sites excluding steroid dienone is 2. The summed E-state index contributed by atoms with van der Waals surface area (Å²) in [7, 11) is 9.62. The van der Waals surface area contributed by atoms with Crippen LogP contribution in [0.1, 0.15) is 82.9 Å². The van der Waals surface area contributed by atoms with Crippen LogP contribution in [0.15, 0.2) is 53.6 Å². The second-order valence-corrected chi connectivity index (χ2v) is 16.8. The number of nitrogens with zero attached hydrogens (tertiary/aromatic N) is 6. The molecule has 0 amide bonds. The van der Waals surface area contributed by atoms with Gasteiger partial charge in [-0.05, 0) is 108 Å². The number of anilines is 1. The highest BCUT2D eigenvalue weighted by molar-refractivity contribution is 6.37. The first-order valence-corrected chi connectivity index (χ1v) is 20.8. The van der Waals surface area contributed by atoms with Crippen molar-refractivity contribution in [2.45, 2.75) is 66.0 Å². The fourth-order valence-corrected chi connectivity index (χ4v) is 9.03. The van der Waals surface area contributed by atoms with Gasteiger partial charge < -0.3 is 38.5 Å². The van der Waals surface area contributed by atoms with Gasteiger partial charge in [0.05, 0.1) is 39.8 Å². The maximum absolute atomic E-state index is 13.4. The molecule has 0 bridgehead atoms. The van der Waals surface area contributed by atoms with Gasteiger partial charge in [0.1, 0.15) is 23.3 Å². The first-order chi connectivity index (χ1) is 28.0. The zero-order valence-corrected chi connectivity index (χ0v) is 37.3. The van der Waals surface area contributed by atoms with E-state index in [1.165, 1.54) is 0 Å². The molecule has 1 saturated heterocycles. The number of hydrogen-bond donors (Lipinski definition) is 1. The molecule has 6 rings (SSSR count). The third-order valence-corrected chi connectivity index (χ3v) is 12.2. The molecule has 1 fully saturated rings. The number of halogens is 2. The average Bonchev–Trinajstić information content (AvgIpc) is 3.84. The number of likely N-dealkylation sites (N-methyl/N-ethyl adjacent to an activating group) is 2. The van der Waals surface area contributed by atoms with Crippen LogP contribution in [0.25, 0.3) is 27.4 Å². The quantitative estimate of drug-likeness (QED) is 0.0454. The van der Waals surface area contributed by atoms with Crippen molar-refractivity contribution in [3.05, 3.63) is 92.2 Å². The van der Waals surface area contributed by atoms with E-state index in [4.69, 9.17) is 37.8 Å². The topological polar surface area (TPSA) is 105 Å². The van der Waals surface area contributed by atoms with Gasteiger partial charge in [0.15, 0.2) is 6.29 Å². The van der Waals surface area contributed by atoms with Crippen LogP contribution in [0.5, 0.6) is 11.5 Å². The lowest BCUT2D eigenvalue weighted by Gasteiger charge is -2.28. The summed E-state index contributed by atoms with van der Waals surface area (Å²) in [5, 5.41) is 19.6. The van der Waals surface area contributed by atoms with Crippen molar-refractivity contribution in [2.24, 2.45) is 12.1 Å². The van der Waals surface area contributed by atoms with Crippen LogP contribution in [-0.4, -0.2) is 103 Å². The maximum atomic E-state index is 13.4. The number of fused-ring (bicyclic) bond motifs is 2. The maximum Gasteiger partial charge on any atom is 0.352 e. The Morgan fingerprint density at radius 1 is 1.05 bits per heavy atom. The van der Waals surface area contributed by atoms with E-state index in [2.05, 4.69) is 28.3 Å². The molecule has 2 atom stereocenters. The number of aryl methyl sites for hydroxylation is 4. The number of carboxylic acids is 1. The van der Waals surface area contributed by atoms with Crippen LogP contribution in [0.3, 0.4) is 0 Å². The van der Waals surface area contributed by atoms with E-state index < -0.39 is 5.97 Å². The molecule has 0 aliphatic carbocycles. The minimum atomic E-state index is -1.01. The van der Waals surface area contributed by atoms with E-state index in [1.54, 1.807) is 22.7 Å². The summed E-state index contributed by atoms with van der Waals surface area (Å²) in [5.74, 6) is 0.439. The number of hydrazone groups is 1. The Hall–Kier alpha value is -4.97. The summed E-state index contributed by atoms with van der Waals surface area (Å²) in [6, 6.07) is 13.2. The van der Waals surface area contributed by atoms with Gasteiger partial charge in [0, 0.05) is 86.9 Å². The van der Waals surface area contributed by atoms with Crippen LogP contribution in [0.2, 0.25) is 10.0 Å². The van der Waals surface area contributed by atoms with Crippen molar-refractivity contribution in [3.8, 4) is 11.5 Å². The normalized spacial score (nSPS) is 15.6. The largest absolute Gasteiger partial charge is 0.494 e. The summed E-state index contributed by atoms with van der Waals surface area (Å²) in [4.78, 5) is 30.1. The average molecular weight is 844 g/mol. The zero-order chi connectivity index (χ0) is 42.9. The second kappa shape index (κ2) is 18.1. The summed E-state index contributed by atoms with van der Waals surface area (Å²) >= 11 is 13.6. The van der Waals surface area contributed by atoms with Gasteiger partial charge in [-0.25, -0.2) is 4.79 Å². The lowest BCUT2D eigenvalue weighted by Crippen LogP contribution is -2.28. The molecule has 2 aromatic heterocycles. The zero-order valence-electron chi connectivity index (χ0n) is 35.8. The Kier molecular flexibility index (Phi) is 13.4. The standard InChI is InChI=1S/C46H56Cl2N6O5/c1-11-35(30(5)49-50(6)7)42-38(47)15-14-37-36(13-12-18-58-33-19-27(2)43(48)28(3)20-33)41(26-55)54(45(37)42)29(4)24-52(9)39-23-34(59-32-16-17-51(8)25-32)21-31-22-40(46(56)57)53(10)44(31)39/h11,14-15,19-23,26,29,32H,12-13,16-18,24-25H2,1-10H3,(H,56,57)/b35-11-,49-30-/t29-,32?/m1/s1. The van der Waals surface area contributed by atoms with Crippen molar-refractivity contribution in [3.63, 3.8) is 0 Å². The highest BCUT2D eigenvalue weighted by Crippen LogP contribution is 2.41. The number of aromatic nitrogens is 2. The second-order valence-electron chi connectivity index (χ2n) is 16.0. The third-order valence-electron chi connectivity index (χ3n) is 11.3. The lowest BCUT2D eigenvalue weighted by molar-refractivity contribution is 0.0687. The van der Waals surface area contributed by atoms with Gasteiger partial charge in [-0.15, -0.1) is 0 Å². The molecular formula is C46H56Cl2N6O5. The number of aromatic carboxylic acids is 1. The van der Waals surface area contributed by atoms with Crippen LogP contribution in [0, 0.1) is 13.8 Å². The van der Waals surface area contributed by atoms with Gasteiger partial charge >= 0.3 is 5.97 Å². The van der Waals surface area contributed by atoms with E-state index in [0.717, 1.165) is 97.6 Å². The molecule has 0 spiro atoms. The Balaban J connectivity index is 1.44. The molecule has 1 N–H and O–H groups in total. The predicted octanol–water partition coefficient (Wildman–Crippen LogP) is 9.70. The van der Waals surface area contributed by atoms with Crippen molar-refractivity contribution < 1.29 is 24.2 Å². The predicted molar refractivity (Wildman–Crippen MR) is 242 cm³/mol. The molecule has 13 heteroatoms. The van der Waals surface area contributed by atoms with Gasteiger partial charge in [-0.2, -0.15) is 5.10 Å². The summed E-state index contributed by atoms with van der Waals surface area (Å²) in [5.41, 5.74) is 8.49. The number of carbonyl (C=O) groups excluding carboxylic acids is 1. The van der Waals surface area contributed by atoms with Crippen LogP contribution < -0.4 is 14.4 Å². The smallest absolute Gasteiger partial charge is 0.352 e. The van der Waals surface area contributed by atoms with Crippen molar-refractivity contribution >= 4 is 74.2 Å². The van der Waals surface area contributed by atoms with E-state index in [0.29, 0.717) is 42.5 Å². The first kappa shape index (κ1) is 43.6. The number of likely N-dealkylation sites (tertiary alicyclic amines) is 1. The minimum absolute atomic E-state index is 0.0327. The molecule has 59 heavy (non-hydrogen) atoms. The number of aldehydes is 1. The Morgan fingerprint density at radius 2 is 1.76 bits per heavy atom. The number of benzene rings is 3. The number of hydrogen-bond acceptors (Lipinski definition) is 8. The third kappa shape index (κ3) is 8.98. The summed E-state index contributed by atoms with van der Waals surface area (Å²) < 4.78 is 16.6. The minimum Gasteiger partial charge on any atom is -0.494 e. The van der Waals surface area contributed by atoms with E-state index in [-0.39, 0.29) is 17.8 Å². The Bertz CT molecular complexity index is 2440. The molecule has 314 valence electrons. The van der Waals surface area contributed by atoms with Crippen molar-refractivity contribution in [1.29, 1.82) is 0 Å². The molecule has 0 saturated carbocycles. The molecule has 3 heterocycles. The molecule has 1 aliphatic rings. The fraction of sp³-hybridized carbons (Fsp3) is 0.413. The van der Waals surface area contributed by atoms with Gasteiger partial charge in [0.2, 0.25) is 0 Å². The molecule has 0 radical (unpaired) electrons. The molecule has 1 aliphatic heterocycles. The molecule has 3 aromatic carbocycles. The molecular weight excluding hydrogens is 787 g/mol. The van der Waals surface area contributed by atoms with Crippen LogP contribution in [0.4, 0.5) is 5.69 Å². The van der Waals surface area contributed by atoms with E-state index in [9.17, 15) is 14.7 Å². The Morgan fingerprint density at radius 3 is 2.37 bits per heavy atom. The Labute approximate surface area is 357 Å². The van der Waals surface area contributed by atoms with Gasteiger partial charge in [-0.1, -0.05) is 35.3 Å². The van der Waals surface area contributed by atoms with E-state index in [1.807, 2.05) is 91.3 Å². The van der Waals surface area contributed by atoms with Crippen LogP contribution >= 0.6 is 23.2 Å². The molecule has 5 aromatic rings. The fourth-order valence-electron chi connectivity index (χ4n) is 8.66.